The van der Waals surface area contributed by atoms with Gasteiger partial charge < -0.3 is 14.5 Å². The first kappa shape index (κ1) is 20.8. The molecule has 2 fully saturated rings. The van der Waals surface area contributed by atoms with Crippen LogP contribution in [0.3, 0.4) is 0 Å². The molecule has 0 spiro atoms. The van der Waals surface area contributed by atoms with Crippen LogP contribution in [0.4, 0.5) is 0 Å². The molecule has 28 heavy (non-hydrogen) atoms. The number of aryl methyl sites for hydroxylation is 1. The molecule has 6 heteroatoms. The maximum Gasteiger partial charge on any atom is 0.236 e. The van der Waals surface area contributed by atoms with Crippen LogP contribution in [0.2, 0.25) is 0 Å². The molecular formula is C22H33N3O3. The highest BCUT2D eigenvalue weighted by Gasteiger charge is 2.30. The van der Waals surface area contributed by atoms with Crippen LogP contribution in [0.25, 0.3) is 0 Å². The number of hydrogen-bond acceptors (Lipinski definition) is 4. The molecule has 2 amide bonds. The van der Waals surface area contributed by atoms with E-state index in [9.17, 15) is 9.59 Å². The van der Waals surface area contributed by atoms with Gasteiger partial charge in [-0.3, -0.25) is 14.5 Å². The number of carbonyl (C=O) groups excluding carboxylic acids is 2. The van der Waals surface area contributed by atoms with Crippen LogP contribution in [0.15, 0.2) is 24.3 Å². The molecular weight excluding hydrogens is 354 g/mol. The quantitative estimate of drug-likeness (QED) is 0.747. The second-order valence-electron chi connectivity index (χ2n) is 7.91. The van der Waals surface area contributed by atoms with Crippen molar-refractivity contribution in [2.24, 2.45) is 5.92 Å². The summed E-state index contributed by atoms with van der Waals surface area (Å²) >= 11 is 0. The molecule has 2 saturated heterocycles. The molecule has 3 rings (SSSR count). The molecule has 0 N–H and O–H groups in total. The van der Waals surface area contributed by atoms with E-state index in [-0.39, 0.29) is 17.7 Å². The monoisotopic (exact) mass is 387 g/mol. The SMILES string of the molecule is CCc1ccc(CN(C)C(=O)CN2CCC(C(=O)N3CCOCC3)CC2)cc1. The average Bonchev–Trinajstić information content (AvgIpc) is 2.75. The Kier molecular flexibility index (Phi) is 7.45. The van der Waals surface area contributed by atoms with Crippen LogP contribution in [0.1, 0.15) is 30.9 Å². The number of carbonyl (C=O) groups is 2. The third kappa shape index (κ3) is 5.55. The van der Waals surface area contributed by atoms with Crippen molar-refractivity contribution in [3.8, 4) is 0 Å². The van der Waals surface area contributed by atoms with E-state index >= 15 is 0 Å². The van der Waals surface area contributed by atoms with E-state index in [2.05, 4.69) is 36.1 Å². The van der Waals surface area contributed by atoms with Gasteiger partial charge in [0, 0.05) is 32.6 Å². The van der Waals surface area contributed by atoms with E-state index in [1.807, 2.05) is 11.9 Å². The van der Waals surface area contributed by atoms with Gasteiger partial charge in [-0.2, -0.15) is 0 Å². The minimum absolute atomic E-state index is 0.0965. The number of hydrogen-bond donors (Lipinski definition) is 0. The summed E-state index contributed by atoms with van der Waals surface area (Å²) < 4.78 is 5.33. The molecule has 2 aliphatic rings. The van der Waals surface area contributed by atoms with Crippen molar-refractivity contribution in [2.45, 2.75) is 32.7 Å². The van der Waals surface area contributed by atoms with E-state index in [0.717, 1.165) is 37.9 Å². The van der Waals surface area contributed by atoms with E-state index in [0.29, 0.717) is 39.4 Å². The molecule has 0 aliphatic carbocycles. The summed E-state index contributed by atoms with van der Waals surface area (Å²) in [4.78, 5) is 31.1. The normalized spacial score (nSPS) is 18.9. The van der Waals surface area contributed by atoms with Gasteiger partial charge in [-0.15, -0.1) is 0 Å². The molecule has 1 aromatic carbocycles. The lowest BCUT2D eigenvalue weighted by atomic mass is 9.95. The molecule has 6 nitrogen and oxygen atoms in total. The Hall–Kier alpha value is -1.92. The van der Waals surface area contributed by atoms with Gasteiger partial charge in [-0.1, -0.05) is 31.2 Å². The van der Waals surface area contributed by atoms with Crippen molar-refractivity contribution in [1.82, 2.24) is 14.7 Å². The summed E-state index contributed by atoms with van der Waals surface area (Å²) in [5.74, 6) is 0.499. The highest BCUT2D eigenvalue weighted by molar-refractivity contribution is 5.79. The Labute approximate surface area is 168 Å². The second-order valence-corrected chi connectivity index (χ2v) is 7.91. The zero-order chi connectivity index (χ0) is 19.9. The number of piperidine rings is 1. The second kappa shape index (κ2) is 10.0. The van der Waals surface area contributed by atoms with Crippen molar-refractivity contribution in [2.75, 3.05) is 53.0 Å². The highest BCUT2D eigenvalue weighted by Crippen LogP contribution is 2.20. The molecule has 0 radical (unpaired) electrons. The third-order valence-corrected chi connectivity index (χ3v) is 5.90. The number of morpholine rings is 1. The number of rotatable bonds is 6. The number of benzene rings is 1. The molecule has 2 aliphatic heterocycles. The summed E-state index contributed by atoms with van der Waals surface area (Å²) in [6, 6.07) is 8.46. The largest absolute Gasteiger partial charge is 0.378 e. The van der Waals surface area contributed by atoms with Crippen LogP contribution in [0, 0.1) is 5.92 Å². The first-order valence-corrected chi connectivity index (χ1v) is 10.5. The van der Waals surface area contributed by atoms with Gasteiger partial charge in [0.1, 0.15) is 0 Å². The summed E-state index contributed by atoms with van der Waals surface area (Å²) in [7, 11) is 1.87. The van der Waals surface area contributed by atoms with Crippen molar-refractivity contribution in [1.29, 1.82) is 0 Å². The van der Waals surface area contributed by atoms with Crippen LogP contribution in [-0.4, -0.2) is 79.5 Å². The van der Waals surface area contributed by atoms with Gasteiger partial charge in [-0.05, 0) is 43.5 Å². The van der Waals surface area contributed by atoms with Crippen molar-refractivity contribution >= 4 is 11.8 Å². The molecule has 0 atom stereocenters. The predicted molar refractivity (Wildman–Crippen MR) is 109 cm³/mol. The highest BCUT2D eigenvalue weighted by atomic mass is 16.5. The predicted octanol–water partition coefficient (Wildman–Crippen LogP) is 1.78. The average molecular weight is 388 g/mol. The first-order valence-electron chi connectivity index (χ1n) is 10.5. The van der Waals surface area contributed by atoms with Crippen LogP contribution in [-0.2, 0) is 27.3 Å². The summed E-state index contributed by atoms with van der Waals surface area (Å²) in [5, 5.41) is 0. The minimum atomic E-state index is 0.0965. The number of likely N-dealkylation sites (N-methyl/N-ethyl adjacent to an activating group) is 1. The molecule has 2 heterocycles. The van der Waals surface area contributed by atoms with Gasteiger partial charge in [0.25, 0.3) is 0 Å². The van der Waals surface area contributed by atoms with E-state index in [4.69, 9.17) is 4.74 Å². The molecule has 154 valence electrons. The molecule has 0 unspecified atom stereocenters. The Morgan fingerprint density at radius 1 is 1.04 bits per heavy atom. The Bertz CT molecular complexity index is 647. The number of likely N-dealkylation sites (tertiary alicyclic amines) is 1. The van der Waals surface area contributed by atoms with E-state index < -0.39 is 0 Å². The summed E-state index contributed by atoms with van der Waals surface area (Å²) in [5.41, 5.74) is 2.47. The maximum absolute atomic E-state index is 12.6. The topological polar surface area (TPSA) is 53.1 Å². The Morgan fingerprint density at radius 2 is 1.64 bits per heavy atom. The molecule has 1 aromatic rings. The van der Waals surface area contributed by atoms with Gasteiger partial charge in [0.05, 0.1) is 19.8 Å². The Balaban J connectivity index is 1.41. The van der Waals surface area contributed by atoms with Crippen LogP contribution < -0.4 is 0 Å². The maximum atomic E-state index is 12.6. The number of ether oxygens (including phenoxy) is 1. The van der Waals surface area contributed by atoms with Gasteiger partial charge in [-0.25, -0.2) is 0 Å². The fourth-order valence-corrected chi connectivity index (χ4v) is 3.93. The smallest absolute Gasteiger partial charge is 0.236 e. The molecule has 0 saturated carbocycles. The van der Waals surface area contributed by atoms with Gasteiger partial charge in [0.15, 0.2) is 0 Å². The minimum Gasteiger partial charge on any atom is -0.378 e. The fourth-order valence-electron chi connectivity index (χ4n) is 3.93. The van der Waals surface area contributed by atoms with Crippen molar-refractivity contribution in [3.05, 3.63) is 35.4 Å². The fraction of sp³-hybridized carbons (Fsp3) is 0.636. The van der Waals surface area contributed by atoms with Crippen LogP contribution >= 0.6 is 0 Å². The Morgan fingerprint density at radius 3 is 2.25 bits per heavy atom. The van der Waals surface area contributed by atoms with E-state index in [1.165, 1.54) is 5.56 Å². The van der Waals surface area contributed by atoms with Crippen molar-refractivity contribution in [3.63, 3.8) is 0 Å². The lowest BCUT2D eigenvalue weighted by Crippen LogP contribution is -2.48. The van der Waals surface area contributed by atoms with E-state index in [1.54, 1.807) is 4.90 Å². The first-order chi connectivity index (χ1) is 13.6. The number of amides is 2. The lowest BCUT2D eigenvalue weighted by Gasteiger charge is -2.35. The van der Waals surface area contributed by atoms with Gasteiger partial charge in [0.2, 0.25) is 11.8 Å². The van der Waals surface area contributed by atoms with Crippen molar-refractivity contribution < 1.29 is 14.3 Å². The lowest BCUT2D eigenvalue weighted by molar-refractivity contribution is -0.141. The summed E-state index contributed by atoms with van der Waals surface area (Å²) in [6.07, 6.45) is 2.70. The van der Waals surface area contributed by atoms with Gasteiger partial charge >= 0.3 is 0 Å². The molecule has 0 bridgehead atoms. The number of nitrogens with zero attached hydrogens (tertiary/aromatic N) is 3. The molecule has 0 aromatic heterocycles. The standard InChI is InChI=1S/C22H33N3O3/c1-3-18-4-6-19(7-5-18)16-23(2)21(26)17-24-10-8-20(9-11-24)22(27)25-12-14-28-15-13-25/h4-7,20H,3,8-17H2,1-2H3. The zero-order valence-corrected chi connectivity index (χ0v) is 17.2. The van der Waals surface area contributed by atoms with Crippen LogP contribution in [0.5, 0.6) is 0 Å². The zero-order valence-electron chi connectivity index (χ0n) is 17.2. The summed E-state index contributed by atoms with van der Waals surface area (Å²) in [6.45, 7) is 7.54. The third-order valence-electron chi connectivity index (χ3n) is 5.90.